The molecule has 0 saturated heterocycles. The van der Waals surface area contributed by atoms with Crippen LogP contribution in [0.5, 0.6) is 0 Å². The first kappa shape index (κ1) is 7.50. The van der Waals surface area contributed by atoms with Gasteiger partial charge in [-0.1, -0.05) is 6.08 Å². The molecule has 0 aromatic rings. The Labute approximate surface area is 59.8 Å². The smallest absolute Gasteiger partial charge is 0.282 e. The largest absolute Gasteiger partial charge is 0.290 e. The van der Waals surface area contributed by atoms with Crippen LogP contribution >= 0.6 is 0 Å². The molecule has 1 N–H and O–H groups in total. The predicted octanol–water partition coefficient (Wildman–Crippen LogP) is 0.602. The first-order chi connectivity index (χ1) is 4.61. The molecule has 3 radical (unpaired) electrons. The van der Waals surface area contributed by atoms with E-state index >= 15 is 0 Å². The summed E-state index contributed by atoms with van der Waals surface area (Å²) in [6, 6.07) is 0. The van der Waals surface area contributed by atoms with Gasteiger partial charge in [0.2, 0.25) is 0 Å². The molecule has 4 heteroatoms. The number of rotatable bonds is 1. The SMILES string of the molecule is O=S(=O)(O)C1=C[C]=C[C]C1. The summed E-state index contributed by atoms with van der Waals surface area (Å²) in [6.07, 6.45) is 7.94. The van der Waals surface area contributed by atoms with Crippen molar-refractivity contribution in [3.05, 3.63) is 29.6 Å². The Kier molecular flexibility index (Phi) is 1.92. The molecule has 10 heavy (non-hydrogen) atoms. The zero-order valence-corrected chi connectivity index (χ0v) is 5.85. The molecule has 0 unspecified atom stereocenters. The third-order valence-electron chi connectivity index (χ3n) is 1.04. The van der Waals surface area contributed by atoms with Crippen LogP contribution < -0.4 is 0 Å². The lowest BCUT2D eigenvalue weighted by molar-refractivity contribution is 0.489. The van der Waals surface area contributed by atoms with Crippen LogP contribution in [0.25, 0.3) is 0 Å². The van der Waals surface area contributed by atoms with Gasteiger partial charge in [-0.05, 0) is 18.6 Å². The monoisotopic (exact) mass is 157 g/mol. The Morgan fingerprint density at radius 2 is 2.30 bits per heavy atom. The second kappa shape index (κ2) is 2.56. The number of allylic oxidation sites excluding steroid dienone is 4. The van der Waals surface area contributed by atoms with Crippen molar-refractivity contribution in [2.24, 2.45) is 0 Å². The highest BCUT2D eigenvalue weighted by Crippen LogP contribution is 2.14. The van der Waals surface area contributed by atoms with Crippen molar-refractivity contribution in [3.63, 3.8) is 0 Å². The molecular formula is C6H5O3S. The average Bonchev–Trinajstić information content (AvgIpc) is 1.88. The van der Waals surface area contributed by atoms with Crippen LogP contribution in [0.1, 0.15) is 6.42 Å². The fourth-order valence-corrected chi connectivity index (χ4v) is 1.04. The molecule has 0 aromatic heterocycles. The van der Waals surface area contributed by atoms with Gasteiger partial charge in [-0.3, -0.25) is 4.55 Å². The molecule has 0 aromatic carbocycles. The van der Waals surface area contributed by atoms with Crippen molar-refractivity contribution in [2.75, 3.05) is 0 Å². The Bertz CT molecular complexity index is 271. The lowest BCUT2D eigenvalue weighted by Gasteiger charge is -2.02. The van der Waals surface area contributed by atoms with Gasteiger partial charge in [0, 0.05) is 6.42 Å². The molecule has 0 bridgehead atoms. The van der Waals surface area contributed by atoms with Crippen molar-refractivity contribution in [3.8, 4) is 0 Å². The van der Waals surface area contributed by atoms with Crippen LogP contribution in [0.4, 0.5) is 0 Å². The molecule has 1 aliphatic carbocycles. The first-order valence-corrected chi connectivity index (χ1v) is 4.02. The predicted molar refractivity (Wildman–Crippen MR) is 35.3 cm³/mol. The Balaban J connectivity index is 2.93. The minimum absolute atomic E-state index is 0.0602. The summed E-state index contributed by atoms with van der Waals surface area (Å²) >= 11 is 0. The molecule has 0 spiro atoms. The summed E-state index contributed by atoms with van der Waals surface area (Å²) in [7, 11) is -4.01. The van der Waals surface area contributed by atoms with E-state index in [1.54, 1.807) is 0 Å². The fourth-order valence-electron chi connectivity index (χ4n) is 0.562. The van der Waals surface area contributed by atoms with Gasteiger partial charge in [0.25, 0.3) is 10.1 Å². The highest BCUT2D eigenvalue weighted by molar-refractivity contribution is 7.89. The number of hydrogen-bond donors (Lipinski definition) is 1. The highest BCUT2D eigenvalue weighted by Gasteiger charge is 2.13. The second-order valence-corrected chi connectivity index (χ2v) is 3.25. The van der Waals surface area contributed by atoms with E-state index in [1.165, 1.54) is 12.2 Å². The lowest BCUT2D eigenvalue weighted by atomic mass is 10.2. The molecule has 1 rings (SSSR count). The third-order valence-corrected chi connectivity index (χ3v) is 1.96. The topological polar surface area (TPSA) is 54.4 Å². The quantitative estimate of drug-likeness (QED) is 0.567. The molecule has 0 amide bonds. The lowest BCUT2D eigenvalue weighted by Crippen LogP contribution is -2.03. The molecule has 0 heterocycles. The van der Waals surface area contributed by atoms with Gasteiger partial charge in [0.05, 0.1) is 4.91 Å². The van der Waals surface area contributed by atoms with Crippen LogP contribution in [0.3, 0.4) is 0 Å². The van der Waals surface area contributed by atoms with E-state index in [9.17, 15) is 8.42 Å². The Morgan fingerprint density at radius 1 is 1.60 bits per heavy atom. The van der Waals surface area contributed by atoms with Crippen molar-refractivity contribution in [2.45, 2.75) is 6.42 Å². The Morgan fingerprint density at radius 3 is 2.60 bits per heavy atom. The minimum atomic E-state index is -4.01. The molecule has 3 nitrogen and oxygen atoms in total. The van der Waals surface area contributed by atoms with Gasteiger partial charge in [0.1, 0.15) is 0 Å². The van der Waals surface area contributed by atoms with Gasteiger partial charge in [-0.25, -0.2) is 0 Å². The summed E-state index contributed by atoms with van der Waals surface area (Å²) in [5.41, 5.74) is 0. The zero-order valence-electron chi connectivity index (χ0n) is 5.03. The van der Waals surface area contributed by atoms with Crippen molar-refractivity contribution >= 4 is 10.1 Å². The maximum atomic E-state index is 10.4. The minimum Gasteiger partial charge on any atom is -0.282 e. The maximum absolute atomic E-state index is 10.4. The highest BCUT2D eigenvalue weighted by atomic mass is 32.2. The maximum Gasteiger partial charge on any atom is 0.290 e. The van der Waals surface area contributed by atoms with E-state index in [4.69, 9.17) is 4.55 Å². The summed E-state index contributed by atoms with van der Waals surface area (Å²) in [4.78, 5) is -0.0602. The van der Waals surface area contributed by atoms with Crippen molar-refractivity contribution in [1.29, 1.82) is 0 Å². The van der Waals surface area contributed by atoms with E-state index < -0.39 is 10.1 Å². The zero-order chi connectivity index (χ0) is 7.61. The van der Waals surface area contributed by atoms with Crippen LogP contribution in [0.2, 0.25) is 0 Å². The van der Waals surface area contributed by atoms with E-state index in [-0.39, 0.29) is 11.3 Å². The van der Waals surface area contributed by atoms with Crippen LogP contribution in [0.15, 0.2) is 17.1 Å². The Hall–Kier alpha value is -0.610. The standard InChI is InChI=1S/C6H5O3S/c7-10(8,9)6-4-2-1-3-5-6/h1,4H,5H2,(H,7,8,9). The molecule has 0 aliphatic heterocycles. The second-order valence-electron chi connectivity index (χ2n) is 1.78. The third kappa shape index (κ3) is 1.68. The molecular weight excluding hydrogens is 152 g/mol. The molecule has 0 fully saturated rings. The number of hydrogen-bond acceptors (Lipinski definition) is 2. The summed E-state index contributed by atoms with van der Waals surface area (Å²) in [6.45, 7) is 0. The van der Waals surface area contributed by atoms with Gasteiger partial charge >= 0.3 is 0 Å². The molecule has 1 aliphatic rings. The van der Waals surface area contributed by atoms with Crippen molar-refractivity contribution in [1.82, 2.24) is 0 Å². The van der Waals surface area contributed by atoms with Crippen LogP contribution in [-0.4, -0.2) is 13.0 Å². The fraction of sp³-hybridized carbons (Fsp3) is 0.167. The van der Waals surface area contributed by atoms with Gasteiger partial charge in [-0.2, -0.15) is 8.42 Å². The molecule has 0 saturated carbocycles. The molecule has 53 valence electrons. The van der Waals surface area contributed by atoms with E-state index in [1.807, 2.05) is 0 Å². The summed E-state index contributed by atoms with van der Waals surface area (Å²) in [5.74, 6) is 0. The van der Waals surface area contributed by atoms with Crippen LogP contribution in [0, 0.1) is 12.5 Å². The van der Waals surface area contributed by atoms with E-state index in [0.29, 0.717) is 0 Å². The molecule has 0 atom stereocenters. The van der Waals surface area contributed by atoms with E-state index in [0.717, 1.165) is 0 Å². The van der Waals surface area contributed by atoms with Crippen molar-refractivity contribution < 1.29 is 13.0 Å². The van der Waals surface area contributed by atoms with Gasteiger partial charge in [0.15, 0.2) is 0 Å². The van der Waals surface area contributed by atoms with Gasteiger partial charge in [-0.15, -0.1) is 0 Å². The summed E-state index contributed by atoms with van der Waals surface area (Å²) in [5, 5.41) is 0. The van der Waals surface area contributed by atoms with Gasteiger partial charge < -0.3 is 0 Å². The van der Waals surface area contributed by atoms with E-state index in [2.05, 4.69) is 12.5 Å². The normalized spacial score (nSPS) is 18.7. The average molecular weight is 157 g/mol. The first-order valence-electron chi connectivity index (χ1n) is 2.58. The summed E-state index contributed by atoms with van der Waals surface area (Å²) < 4.78 is 29.2. The van der Waals surface area contributed by atoms with Crippen LogP contribution in [-0.2, 0) is 10.1 Å².